The lowest BCUT2D eigenvalue weighted by Crippen LogP contribution is -2.24. The molecule has 8 nitrogen and oxygen atoms in total. The zero-order chi connectivity index (χ0) is 28.3. The van der Waals surface area contributed by atoms with Gasteiger partial charge in [-0.1, -0.05) is 39.3 Å². The molecule has 0 atom stereocenters. The van der Waals surface area contributed by atoms with Crippen LogP contribution in [-0.4, -0.2) is 61.4 Å². The van der Waals surface area contributed by atoms with Crippen molar-refractivity contribution in [2.45, 2.75) is 77.7 Å². The Morgan fingerprint density at radius 3 is 1.72 bits per heavy atom. The monoisotopic (exact) mass is 570 g/mol. The molecule has 39 heavy (non-hydrogen) atoms. The van der Waals surface area contributed by atoms with Crippen LogP contribution >= 0.6 is 0 Å². The van der Waals surface area contributed by atoms with E-state index in [1.54, 1.807) is 12.1 Å². The largest absolute Gasteiger partial charge is 0.493 e. The van der Waals surface area contributed by atoms with Crippen LogP contribution in [0.15, 0.2) is 49.1 Å². The van der Waals surface area contributed by atoms with Gasteiger partial charge in [0.15, 0.2) is 0 Å². The molecule has 3 aromatic rings. The zero-order valence-electron chi connectivity index (χ0n) is 24.6. The highest BCUT2D eigenvalue weighted by Crippen LogP contribution is 2.18. The molecule has 0 aliphatic rings. The van der Waals surface area contributed by atoms with Gasteiger partial charge in [0.1, 0.15) is 37.1 Å². The first-order valence-corrected chi connectivity index (χ1v) is 21.3. The summed E-state index contributed by atoms with van der Waals surface area (Å²) in [6.07, 6.45) is 9.91. The van der Waals surface area contributed by atoms with Gasteiger partial charge in [0.2, 0.25) is 0 Å². The molecular weight excluding hydrogens is 525 g/mol. The predicted octanol–water partition coefficient (Wildman–Crippen LogP) is 6.00. The number of hydrogen-bond acceptors (Lipinski definition) is 6. The molecule has 0 fully saturated rings. The summed E-state index contributed by atoms with van der Waals surface area (Å²) in [7, 11) is -2.27. The Kier molecular flexibility index (Phi) is 11.7. The summed E-state index contributed by atoms with van der Waals surface area (Å²) >= 11 is 0. The van der Waals surface area contributed by atoms with Crippen molar-refractivity contribution in [2.75, 3.05) is 19.8 Å². The third-order valence-electron chi connectivity index (χ3n) is 6.50. The lowest BCUT2D eigenvalue weighted by Gasteiger charge is -2.20. The van der Waals surface area contributed by atoms with E-state index >= 15 is 0 Å². The summed E-state index contributed by atoms with van der Waals surface area (Å²) in [5.74, 6) is 2.80. The maximum Gasteiger partial charge on any atom is 0.150 e. The van der Waals surface area contributed by atoms with Crippen LogP contribution in [0.1, 0.15) is 22.0 Å². The third kappa shape index (κ3) is 11.6. The summed E-state index contributed by atoms with van der Waals surface area (Å²) in [6, 6.07) is 9.49. The van der Waals surface area contributed by atoms with Crippen molar-refractivity contribution < 1.29 is 19.0 Å². The molecule has 0 aliphatic carbocycles. The number of nitrogens with zero attached hydrogens (tertiary/aromatic N) is 4. The fourth-order valence-corrected chi connectivity index (χ4v) is 5.45. The Bertz CT molecular complexity index is 1070. The average molecular weight is 571 g/mol. The topological polar surface area (TPSA) is 80.4 Å². The fraction of sp³-hybridized carbons (Fsp3) is 0.552. The smallest absolute Gasteiger partial charge is 0.150 e. The SMILES string of the molecule is C[Si](C)(C)CCOCn1ccnc1CC(COc1ccc(C=O)cc1)Cc1nccn1COCC[Si](C)(C)C. The molecule has 0 spiro atoms. The standard InChI is InChI=1S/C29H46N4O4Si2/c1-38(2,3)17-15-35-23-32-13-11-30-28(32)19-26(22-37-27-9-7-25(21-34)8-10-27)20-29-31-12-14-33(29)24-36-16-18-39(4,5)6/h7-14,21,26H,15-20,22-24H2,1-6H3. The average Bonchev–Trinajstić information content (AvgIpc) is 3.51. The van der Waals surface area contributed by atoms with E-state index in [-0.39, 0.29) is 5.92 Å². The number of aldehydes is 1. The second-order valence-electron chi connectivity index (χ2n) is 12.6. The van der Waals surface area contributed by atoms with Crippen molar-refractivity contribution >= 4 is 22.4 Å². The van der Waals surface area contributed by atoms with E-state index in [1.807, 2.05) is 36.9 Å². The van der Waals surface area contributed by atoms with E-state index in [1.165, 1.54) is 0 Å². The highest BCUT2D eigenvalue weighted by atomic mass is 28.3. The maximum absolute atomic E-state index is 11.0. The predicted molar refractivity (Wildman–Crippen MR) is 161 cm³/mol. The molecule has 0 bridgehead atoms. The molecule has 0 saturated heterocycles. The molecule has 1 aromatic carbocycles. The van der Waals surface area contributed by atoms with Crippen molar-refractivity contribution in [3.05, 3.63) is 66.3 Å². The molecule has 0 radical (unpaired) electrons. The molecule has 0 aliphatic heterocycles. The normalized spacial score (nSPS) is 12.3. The quantitative estimate of drug-likeness (QED) is 0.106. The van der Waals surface area contributed by atoms with Crippen LogP contribution in [0.25, 0.3) is 0 Å². The fourth-order valence-electron chi connectivity index (χ4n) is 3.94. The van der Waals surface area contributed by atoms with E-state index in [0.29, 0.717) is 25.6 Å². The van der Waals surface area contributed by atoms with Gasteiger partial charge in [-0.05, 0) is 36.4 Å². The number of carbonyl (C=O) groups excluding carboxylic acids is 1. The van der Waals surface area contributed by atoms with Crippen molar-refractivity contribution in [1.82, 2.24) is 19.1 Å². The first-order chi connectivity index (χ1) is 18.5. The van der Waals surface area contributed by atoms with Crippen LogP contribution in [-0.2, 0) is 35.8 Å². The van der Waals surface area contributed by atoms with Crippen LogP contribution in [0.5, 0.6) is 5.75 Å². The van der Waals surface area contributed by atoms with Crippen LogP contribution in [0.3, 0.4) is 0 Å². The molecule has 0 N–H and O–H groups in total. The van der Waals surface area contributed by atoms with Gasteiger partial charge < -0.3 is 23.3 Å². The Morgan fingerprint density at radius 1 is 0.795 bits per heavy atom. The molecule has 2 aromatic heterocycles. The minimum atomic E-state index is -1.14. The second kappa shape index (κ2) is 14.7. The minimum absolute atomic E-state index is 0.127. The maximum atomic E-state index is 11.0. The van der Waals surface area contributed by atoms with Crippen molar-refractivity contribution in [3.63, 3.8) is 0 Å². The van der Waals surface area contributed by atoms with Gasteiger partial charge in [-0.2, -0.15) is 0 Å². The number of hydrogen-bond donors (Lipinski definition) is 0. The van der Waals surface area contributed by atoms with E-state index in [9.17, 15) is 4.79 Å². The van der Waals surface area contributed by atoms with Gasteiger partial charge in [-0.3, -0.25) is 4.79 Å². The van der Waals surface area contributed by atoms with Gasteiger partial charge in [-0.15, -0.1) is 0 Å². The van der Waals surface area contributed by atoms with Gasteiger partial charge >= 0.3 is 0 Å². The van der Waals surface area contributed by atoms with Gasteiger partial charge in [-0.25, -0.2) is 9.97 Å². The van der Waals surface area contributed by atoms with Gasteiger partial charge in [0.05, 0.1) is 6.61 Å². The molecule has 2 heterocycles. The lowest BCUT2D eigenvalue weighted by molar-refractivity contribution is 0.0828. The van der Waals surface area contributed by atoms with Crippen molar-refractivity contribution in [2.24, 2.45) is 5.92 Å². The highest BCUT2D eigenvalue weighted by Gasteiger charge is 2.19. The number of benzene rings is 1. The van der Waals surface area contributed by atoms with E-state index in [4.69, 9.17) is 14.2 Å². The molecule has 10 heteroatoms. The lowest BCUT2D eigenvalue weighted by atomic mass is 10.0. The first-order valence-electron chi connectivity index (χ1n) is 13.9. The third-order valence-corrected chi connectivity index (χ3v) is 9.91. The number of aromatic nitrogens is 4. The van der Waals surface area contributed by atoms with Crippen LogP contribution in [0.4, 0.5) is 0 Å². The Balaban J connectivity index is 1.66. The molecule has 0 saturated carbocycles. The Morgan fingerprint density at radius 2 is 1.28 bits per heavy atom. The molecule has 3 rings (SSSR count). The van der Waals surface area contributed by atoms with Crippen LogP contribution in [0, 0.1) is 5.92 Å². The first kappa shape index (κ1) is 31.0. The van der Waals surface area contributed by atoms with Crippen molar-refractivity contribution in [3.8, 4) is 5.75 Å². The highest BCUT2D eigenvalue weighted by molar-refractivity contribution is 6.76. The zero-order valence-corrected chi connectivity index (χ0v) is 26.6. The summed E-state index contributed by atoms with van der Waals surface area (Å²) in [5, 5.41) is 0. The van der Waals surface area contributed by atoms with Gasteiger partial charge in [0.25, 0.3) is 0 Å². The summed E-state index contributed by atoms with van der Waals surface area (Å²) in [6.45, 7) is 17.2. The summed E-state index contributed by atoms with van der Waals surface area (Å²) in [4.78, 5) is 20.3. The Labute approximate surface area is 235 Å². The number of ether oxygens (including phenoxy) is 3. The van der Waals surface area contributed by atoms with Gasteiger partial charge in [0, 0.05) is 78.5 Å². The van der Waals surface area contributed by atoms with E-state index in [2.05, 4.69) is 58.4 Å². The van der Waals surface area contributed by atoms with Crippen LogP contribution < -0.4 is 4.74 Å². The molecule has 214 valence electrons. The van der Waals surface area contributed by atoms with Crippen molar-refractivity contribution in [1.29, 1.82) is 0 Å². The summed E-state index contributed by atoms with van der Waals surface area (Å²) in [5.41, 5.74) is 0.631. The molecule has 0 unspecified atom stereocenters. The minimum Gasteiger partial charge on any atom is -0.493 e. The molecule has 0 amide bonds. The second-order valence-corrected chi connectivity index (χ2v) is 23.8. The number of carbonyl (C=O) groups is 1. The Hall–Kier alpha value is -2.54. The summed E-state index contributed by atoms with van der Waals surface area (Å²) < 4.78 is 22.3. The van der Waals surface area contributed by atoms with E-state index in [0.717, 1.165) is 61.8 Å². The van der Waals surface area contributed by atoms with E-state index < -0.39 is 16.1 Å². The number of imidazole rings is 2. The molecular formula is C29H46N4O4Si2. The number of rotatable bonds is 18. The van der Waals surface area contributed by atoms with Crippen LogP contribution in [0.2, 0.25) is 51.4 Å².